The van der Waals surface area contributed by atoms with E-state index in [-0.39, 0.29) is 33.7 Å². The number of nitro benzene ring substituents is 1. The number of pyridine rings is 1. The van der Waals surface area contributed by atoms with Crippen LogP contribution in [0.25, 0.3) is 0 Å². The molecule has 0 bridgehead atoms. The molecule has 0 saturated carbocycles. The minimum atomic E-state index is -0.562. The number of rotatable bonds is 4. The summed E-state index contributed by atoms with van der Waals surface area (Å²) in [5.41, 5.74) is 0.0180. The highest BCUT2D eigenvalue weighted by Crippen LogP contribution is 2.36. The number of nitrogens with zero attached hydrogens (tertiary/aromatic N) is 3. The molecule has 0 aliphatic carbocycles. The van der Waals surface area contributed by atoms with Gasteiger partial charge < -0.3 is 9.47 Å². The lowest BCUT2D eigenvalue weighted by Gasteiger charge is -2.10. The van der Waals surface area contributed by atoms with Gasteiger partial charge in [-0.1, -0.05) is 11.6 Å². The van der Waals surface area contributed by atoms with Gasteiger partial charge in [0.15, 0.2) is 11.5 Å². The molecule has 0 radical (unpaired) electrons. The Morgan fingerprint density at radius 3 is 2.76 bits per heavy atom. The number of hydrogen-bond acceptors (Lipinski definition) is 6. The predicted octanol–water partition coefficient (Wildman–Crippen LogP) is 3.32. The molecule has 0 amide bonds. The fourth-order valence-electron chi connectivity index (χ4n) is 1.54. The summed E-state index contributed by atoms with van der Waals surface area (Å²) in [6.07, 6.45) is 1.35. The van der Waals surface area contributed by atoms with Crippen molar-refractivity contribution >= 4 is 17.3 Å². The first-order valence-corrected chi connectivity index (χ1v) is 5.99. The number of aromatic nitrogens is 1. The highest BCUT2D eigenvalue weighted by molar-refractivity contribution is 6.33. The van der Waals surface area contributed by atoms with Gasteiger partial charge in [0.2, 0.25) is 5.88 Å². The van der Waals surface area contributed by atoms with Gasteiger partial charge in [0.25, 0.3) is 5.69 Å². The number of non-ortho nitro benzene ring substituents is 1. The second-order valence-electron chi connectivity index (χ2n) is 3.78. The van der Waals surface area contributed by atoms with E-state index in [1.807, 2.05) is 6.07 Å². The van der Waals surface area contributed by atoms with E-state index in [2.05, 4.69) is 4.98 Å². The number of ether oxygens (including phenoxy) is 2. The quantitative estimate of drug-likeness (QED) is 0.634. The number of halogens is 1. The third-order valence-corrected chi connectivity index (χ3v) is 2.91. The molecule has 2 aromatic rings. The number of benzene rings is 1. The Morgan fingerprint density at radius 2 is 2.14 bits per heavy atom. The predicted molar refractivity (Wildman–Crippen MR) is 73.7 cm³/mol. The Bertz CT molecular complexity index is 743. The lowest BCUT2D eigenvalue weighted by molar-refractivity contribution is -0.384. The second-order valence-corrected chi connectivity index (χ2v) is 4.16. The molecule has 0 unspecified atom stereocenters. The van der Waals surface area contributed by atoms with E-state index in [1.165, 1.54) is 37.6 Å². The summed E-state index contributed by atoms with van der Waals surface area (Å²) in [5, 5.41) is 19.7. The Balaban J connectivity index is 2.46. The first kappa shape index (κ1) is 14.6. The van der Waals surface area contributed by atoms with Crippen molar-refractivity contribution in [1.82, 2.24) is 4.98 Å². The minimum Gasteiger partial charge on any atom is -0.493 e. The van der Waals surface area contributed by atoms with Gasteiger partial charge in [0.1, 0.15) is 11.1 Å². The molecular weight excluding hydrogens is 298 g/mol. The van der Waals surface area contributed by atoms with Crippen LogP contribution < -0.4 is 9.47 Å². The molecule has 8 heteroatoms. The highest BCUT2D eigenvalue weighted by atomic mass is 35.5. The molecule has 0 aliphatic heterocycles. The van der Waals surface area contributed by atoms with Gasteiger partial charge >= 0.3 is 0 Å². The van der Waals surface area contributed by atoms with E-state index in [1.54, 1.807) is 0 Å². The van der Waals surface area contributed by atoms with Gasteiger partial charge in [0.05, 0.1) is 23.7 Å². The van der Waals surface area contributed by atoms with Gasteiger partial charge in [-0.05, 0) is 12.1 Å². The summed E-state index contributed by atoms with van der Waals surface area (Å²) >= 11 is 5.97. The van der Waals surface area contributed by atoms with E-state index < -0.39 is 4.92 Å². The summed E-state index contributed by atoms with van der Waals surface area (Å²) < 4.78 is 10.5. The van der Waals surface area contributed by atoms with Crippen molar-refractivity contribution in [1.29, 1.82) is 5.26 Å². The molecule has 0 spiro atoms. The zero-order valence-electron chi connectivity index (χ0n) is 10.7. The number of nitriles is 1. The largest absolute Gasteiger partial charge is 0.493 e. The van der Waals surface area contributed by atoms with Crippen molar-refractivity contribution < 1.29 is 14.4 Å². The normalized spacial score (nSPS) is 9.76. The van der Waals surface area contributed by atoms with Gasteiger partial charge in [0, 0.05) is 12.3 Å². The molecule has 7 nitrogen and oxygen atoms in total. The van der Waals surface area contributed by atoms with Crippen LogP contribution in [0.5, 0.6) is 17.4 Å². The standard InChI is InChI=1S/C13H8ClN3O4/c1-20-10-3-2-9(17(18)19)6-11(10)21-13-12(14)8(7-15)4-5-16-13/h2-6H,1H3. The van der Waals surface area contributed by atoms with Gasteiger partial charge in [-0.3, -0.25) is 10.1 Å². The average Bonchev–Trinajstić information content (AvgIpc) is 2.49. The smallest absolute Gasteiger partial charge is 0.273 e. The van der Waals surface area contributed by atoms with Crippen molar-refractivity contribution in [3.8, 4) is 23.4 Å². The van der Waals surface area contributed by atoms with Crippen LogP contribution in [0.2, 0.25) is 5.02 Å². The maximum atomic E-state index is 10.8. The molecule has 21 heavy (non-hydrogen) atoms. The first-order chi connectivity index (χ1) is 10.1. The molecule has 0 N–H and O–H groups in total. The maximum Gasteiger partial charge on any atom is 0.273 e. The third-order valence-electron chi connectivity index (χ3n) is 2.54. The molecule has 0 atom stereocenters. The molecule has 1 heterocycles. The molecule has 106 valence electrons. The lowest BCUT2D eigenvalue weighted by atomic mass is 10.2. The van der Waals surface area contributed by atoms with Crippen LogP contribution in [0, 0.1) is 21.4 Å². The van der Waals surface area contributed by atoms with Crippen LogP contribution in [0.3, 0.4) is 0 Å². The van der Waals surface area contributed by atoms with Crippen molar-refractivity contribution in [2.75, 3.05) is 7.11 Å². The fourth-order valence-corrected chi connectivity index (χ4v) is 1.74. The van der Waals surface area contributed by atoms with Crippen LogP contribution in [0.1, 0.15) is 5.56 Å². The Labute approximate surface area is 124 Å². The van der Waals surface area contributed by atoms with Crippen molar-refractivity contribution in [2.24, 2.45) is 0 Å². The molecule has 0 saturated heterocycles. The number of nitro groups is 1. The first-order valence-electron chi connectivity index (χ1n) is 5.61. The van der Waals surface area contributed by atoms with E-state index in [4.69, 9.17) is 26.3 Å². The lowest BCUT2D eigenvalue weighted by Crippen LogP contribution is -1.96. The second kappa shape index (κ2) is 6.07. The fraction of sp³-hybridized carbons (Fsp3) is 0.0769. The molecule has 0 fully saturated rings. The van der Waals surface area contributed by atoms with E-state index in [0.717, 1.165) is 0 Å². The van der Waals surface area contributed by atoms with Crippen LogP contribution in [0.4, 0.5) is 5.69 Å². The third kappa shape index (κ3) is 3.01. The van der Waals surface area contributed by atoms with Crippen molar-refractivity contribution in [3.63, 3.8) is 0 Å². The van der Waals surface area contributed by atoms with Gasteiger partial charge in [-0.25, -0.2) is 4.98 Å². The zero-order valence-corrected chi connectivity index (χ0v) is 11.5. The molecule has 1 aromatic heterocycles. The molecule has 1 aromatic carbocycles. The van der Waals surface area contributed by atoms with Crippen LogP contribution in [0.15, 0.2) is 30.5 Å². The van der Waals surface area contributed by atoms with Gasteiger partial charge in [-0.2, -0.15) is 5.26 Å². The summed E-state index contributed by atoms with van der Waals surface area (Å²) in [7, 11) is 1.40. The summed E-state index contributed by atoms with van der Waals surface area (Å²) in [5.74, 6) is 0.325. The number of methoxy groups -OCH3 is 1. The topological polar surface area (TPSA) is 98.3 Å². The SMILES string of the molecule is COc1ccc([N+](=O)[O-])cc1Oc1nccc(C#N)c1Cl. The maximum absolute atomic E-state index is 10.8. The monoisotopic (exact) mass is 305 g/mol. The molecular formula is C13H8ClN3O4. The van der Waals surface area contributed by atoms with Gasteiger partial charge in [-0.15, -0.1) is 0 Å². The van der Waals surface area contributed by atoms with Crippen molar-refractivity contribution in [3.05, 3.63) is 51.2 Å². The minimum absolute atomic E-state index is 0.0218. The van der Waals surface area contributed by atoms with E-state index in [9.17, 15) is 10.1 Å². The summed E-state index contributed by atoms with van der Waals surface area (Å²) in [4.78, 5) is 14.1. The Morgan fingerprint density at radius 1 is 1.38 bits per heavy atom. The van der Waals surface area contributed by atoms with Crippen LogP contribution in [-0.4, -0.2) is 17.0 Å². The molecule has 0 aliphatic rings. The van der Waals surface area contributed by atoms with Crippen LogP contribution in [-0.2, 0) is 0 Å². The Kier molecular flexibility index (Phi) is 4.21. The summed E-state index contributed by atoms with van der Waals surface area (Å²) in [6, 6.07) is 7.19. The summed E-state index contributed by atoms with van der Waals surface area (Å²) in [6.45, 7) is 0. The number of hydrogen-bond donors (Lipinski definition) is 0. The van der Waals surface area contributed by atoms with Crippen LogP contribution >= 0.6 is 11.6 Å². The highest BCUT2D eigenvalue weighted by Gasteiger charge is 2.16. The van der Waals surface area contributed by atoms with E-state index in [0.29, 0.717) is 0 Å². The van der Waals surface area contributed by atoms with Crippen molar-refractivity contribution in [2.45, 2.75) is 0 Å². The zero-order chi connectivity index (χ0) is 15.4. The molecule has 2 rings (SSSR count). The Hall–Kier alpha value is -2.85. The van der Waals surface area contributed by atoms with E-state index >= 15 is 0 Å². The average molecular weight is 306 g/mol.